The quantitative estimate of drug-likeness (QED) is 0.657. The van der Waals surface area contributed by atoms with Crippen LogP contribution in [0.15, 0.2) is 48.5 Å². The summed E-state index contributed by atoms with van der Waals surface area (Å²) < 4.78 is 5.10. The topological polar surface area (TPSA) is 42.1 Å². The van der Waals surface area contributed by atoms with E-state index in [0.29, 0.717) is 11.6 Å². The van der Waals surface area contributed by atoms with Crippen LogP contribution < -0.4 is 0 Å². The maximum atomic E-state index is 11.9. The molecule has 0 spiro atoms. The molecule has 0 bridgehead atoms. The predicted molar refractivity (Wildman–Crippen MR) is 99.0 cm³/mol. The van der Waals surface area contributed by atoms with Crippen molar-refractivity contribution in [3.8, 4) is 0 Å². The zero-order valence-electron chi connectivity index (χ0n) is 13.4. The summed E-state index contributed by atoms with van der Waals surface area (Å²) in [5.74, 6) is -0.219. The summed E-state index contributed by atoms with van der Waals surface area (Å²) in [5.41, 5.74) is 3.92. The maximum Gasteiger partial charge on any atom is 0.310 e. The van der Waals surface area contributed by atoms with Crippen LogP contribution in [-0.4, -0.2) is 17.6 Å². The van der Waals surface area contributed by atoms with E-state index in [4.69, 9.17) is 16.3 Å². The Morgan fingerprint density at radius 3 is 2.62 bits per heavy atom. The van der Waals surface area contributed by atoms with Crippen molar-refractivity contribution < 1.29 is 9.53 Å². The normalized spacial score (nSPS) is 11.2. The Morgan fingerprint density at radius 1 is 1.12 bits per heavy atom. The largest absolute Gasteiger partial charge is 0.466 e. The van der Waals surface area contributed by atoms with Crippen molar-refractivity contribution in [3.63, 3.8) is 0 Å². The predicted octanol–water partition coefficient (Wildman–Crippen LogP) is 5.10. The molecule has 0 fully saturated rings. The highest BCUT2D eigenvalue weighted by Crippen LogP contribution is 2.25. The van der Waals surface area contributed by atoms with Crippen molar-refractivity contribution >= 4 is 40.6 Å². The van der Waals surface area contributed by atoms with Crippen LogP contribution in [-0.2, 0) is 16.0 Å². The molecule has 0 saturated heterocycles. The molecule has 122 valence electrons. The number of carbonyl (C=O) groups is 1. The summed E-state index contributed by atoms with van der Waals surface area (Å²) in [4.78, 5) is 15.3. The molecule has 0 atom stereocenters. The smallest absolute Gasteiger partial charge is 0.310 e. The number of halogens is 1. The molecule has 0 amide bonds. The van der Waals surface area contributed by atoms with Gasteiger partial charge in [-0.3, -0.25) is 4.79 Å². The number of H-pyrrole nitrogens is 1. The molecule has 2 aromatic carbocycles. The van der Waals surface area contributed by atoms with E-state index in [1.54, 1.807) is 0 Å². The summed E-state index contributed by atoms with van der Waals surface area (Å²) in [6, 6.07) is 15.6. The van der Waals surface area contributed by atoms with E-state index in [0.717, 1.165) is 27.7 Å². The Morgan fingerprint density at radius 2 is 1.88 bits per heavy atom. The van der Waals surface area contributed by atoms with E-state index < -0.39 is 0 Å². The van der Waals surface area contributed by atoms with Crippen LogP contribution in [0.5, 0.6) is 0 Å². The first-order valence-corrected chi connectivity index (χ1v) is 8.24. The van der Waals surface area contributed by atoms with Gasteiger partial charge in [-0.05, 0) is 42.3 Å². The number of benzene rings is 2. The minimum atomic E-state index is -0.219. The molecule has 1 N–H and O–H groups in total. The van der Waals surface area contributed by atoms with Crippen LogP contribution in [0.25, 0.3) is 23.1 Å². The van der Waals surface area contributed by atoms with Gasteiger partial charge < -0.3 is 9.72 Å². The number of hydrogen-bond acceptors (Lipinski definition) is 2. The molecule has 0 saturated carbocycles. The zero-order chi connectivity index (χ0) is 16.9. The van der Waals surface area contributed by atoms with Crippen molar-refractivity contribution in [2.24, 2.45) is 0 Å². The van der Waals surface area contributed by atoms with Crippen molar-refractivity contribution in [1.29, 1.82) is 0 Å². The molecule has 3 nitrogen and oxygen atoms in total. The highest BCUT2D eigenvalue weighted by Gasteiger charge is 2.13. The fourth-order valence-corrected chi connectivity index (χ4v) is 2.79. The molecule has 0 aliphatic rings. The minimum Gasteiger partial charge on any atom is -0.466 e. The lowest BCUT2D eigenvalue weighted by molar-refractivity contribution is -0.142. The highest BCUT2D eigenvalue weighted by atomic mass is 35.5. The van der Waals surface area contributed by atoms with Crippen LogP contribution in [0, 0.1) is 0 Å². The first-order chi connectivity index (χ1) is 11.7. The number of nitrogens with one attached hydrogen (secondary N) is 1. The molecule has 4 heteroatoms. The van der Waals surface area contributed by atoms with Crippen LogP contribution >= 0.6 is 11.6 Å². The number of hydrogen-bond donors (Lipinski definition) is 1. The zero-order valence-corrected chi connectivity index (χ0v) is 14.1. The standard InChI is InChI=1S/C20H18ClNO2/c1-2-24-20(23)13-17-16-5-3-4-6-18(16)22-19(17)12-9-14-7-10-15(21)11-8-14/h3-12,22H,2,13H2,1H3/b12-9+. The number of aromatic amines is 1. The summed E-state index contributed by atoms with van der Waals surface area (Å²) >= 11 is 5.91. The van der Waals surface area contributed by atoms with E-state index in [1.807, 2.05) is 67.6 Å². The number of para-hydroxylation sites is 1. The highest BCUT2D eigenvalue weighted by molar-refractivity contribution is 6.30. The summed E-state index contributed by atoms with van der Waals surface area (Å²) in [6.45, 7) is 2.20. The van der Waals surface area contributed by atoms with Crippen LogP contribution in [0.1, 0.15) is 23.7 Å². The number of carbonyl (C=O) groups excluding carboxylic acids is 1. The number of esters is 1. The Bertz CT molecular complexity index is 878. The number of aromatic nitrogens is 1. The van der Waals surface area contributed by atoms with Gasteiger partial charge in [-0.15, -0.1) is 0 Å². The first-order valence-electron chi connectivity index (χ1n) is 7.86. The van der Waals surface area contributed by atoms with Crippen molar-refractivity contribution in [1.82, 2.24) is 4.98 Å². The lowest BCUT2D eigenvalue weighted by Crippen LogP contribution is -2.07. The molecular weight excluding hydrogens is 322 g/mol. The molecule has 0 unspecified atom stereocenters. The Labute approximate surface area is 145 Å². The second-order valence-corrected chi connectivity index (χ2v) is 5.87. The number of fused-ring (bicyclic) bond motifs is 1. The van der Waals surface area contributed by atoms with Gasteiger partial charge in [0.1, 0.15) is 0 Å². The molecular formula is C20H18ClNO2. The van der Waals surface area contributed by atoms with E-state index in [2.05, 4.69) is 4.98 Å². The SMILES string of the molecule is CCOC(=O)Cc1c(/C=C/c2ccc(Cl)cc2)[nH]c2ccccc12. The Hall–Kier alpha value is -2.52. The second kappa shape index (κ2) is 7.37. The third-order valence-electron chi connectivity index (χ3n) is 3.79. The van der Waals surface area contributed by atoms with Gasteiger partial charge in [0.15, 0.2) is 0 Å². The summed E-state index contributed by atoms with van der Waals surface area (Å²) in [6.07, 6.45) is 4.23. The summed E-state index contributed by atoms with van der Waals surface area (Å²) in [7, 11) is 0. The van der Waals surface area contributed by atoms with Gasteiger partial charge >= 0.3 is 5.97 Å². The van der Waals surface area contributed by atoms with Gasteiger partial charge in [0.05, 0.1) is 13.0 Å². The van der Waals surface area contributed by atoms with E-state index in [9.17, 15) is 4.79 Å². The third-order valence-corrected chi connectivity index (χ3v) is 4.04. The van der Waals surface area contributed by atoms with Gasteiger partial charge in [0.25, 0.3) is 0 Å². The average molecular weight is 340 g/mol. The molecule has 3 rings (SSSR count). The van der Waals surface area contributed by atoms with Crippen LogP contribution in [0.4, 0.5) is 0 Å². The van der Waals surface area contributed by atoms with Crippen molar-refractivity contribution in [2.45, 2.75) is 13.3 Å². The van der Waals surface area contributed by atoms with Gasteiger partial charge in [0, 0.05) is 21.6 Å². The number of ether oxygens (including phenoxy) is 1. The van der Waals surface area contributed by atoms with Crippen molar-refractivity contribution in [2.75, 3.05) is 6.61 Å². The molecule has 0 aliphatic carbocycles. The van der Waals surface area contributed by atoms with Gasteiger partial charge in [-0.2, -0.15) is 0 Å². The molecule has 0 aliphatic heterocycles. The van der Waals surface area contributed by atoms with Gasteiger partial charge in [-0.25, -0.2) is 0 Å². The summed E-state index contributed by atoms with van der Waals surface area (Å²) in [5, 5.41) is 1.75. The monoisotopic (exact) mass is 339 g/mol. The number of rotatable bonds is 5. The van der Waals surface area contributed by atoms with Gasteiger partial charge in [-0.1, -0.05) is 48.0 Å². The minimum absolute atomic E-state index is 0.219. The average Bonchev–Trinajstić information content (AvgIpc) is 2.92. The molecule has 0 radical (unpaired) electrons. The van der Waals surface area contributed by atoms with Crippen LogP contribution in [0.2, 0.25) is 5.02 Å². The fourth-order valence-electron chi connectivity index (χ4n) is 2.66. The first kappa shape index (κ1) is 16.3. The van der Waals surface area contributed by atoms with Gasteiger partial charge in [0.2, 0.25) is 0 Å². The molecule has 1 heterocycles. The Balaban J connectivity index is 1.96. The third kappa shape index (κ3) is 3.69. The van der Waals surface area contributed by atoms with E-state index in [-0.39, 0.29) is 12.4 Å². The Kier molecular flexibility index (Phi) is 5.02. The fraction of sp³-hybridized carbons (Fsp3) is 0.150. The van der Waals surface area contributed by atoms with Crippen LogP contribution in [0.3, 0.4) is 0 Å². The molecule has 1 aromatic heterocycles. The van der Waals surface area contributed by atoms with E-state index >= 15 is 0 Å². The second-order valence-electron chi connectivity index (χ2n) is 5.43. The lowest BCUT2D eigenvalue weighted by atomic mass is 10.1. The molecule has 24 heavy (non-hydrogen) atoms. The molecule has 3 aromatic rings. The van der Waals surface area contributed by atoms with Crippen molar-refractivity contribution in [3.05, 3.63) is 70.4 Å². The van der Waals surface area contributed by atoms with E-state index in [1.165, 1.54) is 0 Å². The maximum absolute atomic E-state index is 11.9. The lowest BCUT2D eigenvalue weighted by Gasteiger charge is -2.02.